The van der Waals surface area contributed by atoms with Gasteiger partial charge in [-0.3, -0.25) is 29.1 Å². The molecule has 4 aliphatic rings. The lowest BCUT2D eigenvalue weighted by atomic mass is 9.53. The van der Waals surface area contributed by atoms with E-state index in [0.29, 0.717) is 32.7 Å². The van der Waals surface area contributed by atoms with Gasteiger partial charge in [-0.2, -0.15) is 0 Å². The third kappa shape index (κ3) is 4.56. The molecule has 14 nitrogen and oxygen atoms in total. The van der Waals surface area contributed by atoms with Gasteiger partial charge in [0.15, 0.2) is 11.4 Å². The Morgan fingerprint density at radius 2 is 1.70 bits per heavy atom. The topological polar surface area (TPSA) is 215 Å². The van der Waals surface area contributed by atoms with Crippen molar-refractivity contribution in [2.75, 3.05) is 60.1 Å². The number of nitrogens with zero attached hydrogens (tertiary/aromatic N) is 3. The Morgan fingerprint density at radius 3 is 2.30 bits per heavy atom. The van der Waals surface area contributed by atoms with E-state index in [9.17, 15) is 45.0 Å². The van der Waals surface area contributed by atoms with Crippen molar-refractivity contribution in [1.82, 2.24) is 20.0 Å². The SMILES string of the molecule is CN(C)[C@@H]1C(=O)C(C(=O)NCN2CCN(CCO)CC2)=C(O)[C@@]2(O)C(=O)C3=C(O)c4c(O)cccc4[C@@](C)(O)[C@H]3[C@H](O)[C@@H]12. The van der Waals surface area contributed by atoms with Gasteiger partial charge in [0.1, 0.15) is 22.8 Å². The number of aromatic hydroxyl groups is 1. The van der Waals surface area contributed by atoms with Crippen LogP contribution in [0.15, 0.2) is 35.1 Å². The number of hydrogen-bond acceptors (Lipinski definition) is 13. The molecule has 0 radical (unpaired) electrons. The molecule has 1 saturated heterocycles. The maximum atomic E-state index is 14.2. The van der Waals surface area contributed by atoms with Gasteiger partial charge in [-0.25, -0.2) is 0 Å². The van der Waals surface area contributed by atoms with Crippen molar-refractivity contribution in [3.63, 3.8) is 0 Å². The number of hydrogen-bond donors (Lipinski definition) is 8. The van der Waals surface area contributed by atoms with Crippen LogP contribution in [-0.4, -0.2) is 146 Å². The Bertz CT molecular complexity index is 1410. The van der Waals surface area contributed by atoms with E-state index in [1.54, 1.807) is 0 Å². The van der Waals surface area contributed by atoms with Crippen LogP contribution in [0.5, 0.6) is 5.75 Å². The summed E-state index contributed by atoms with van der Waals surface area (Å²) in [5, 5.41) is 80.2. The fourth-order valence-corrected chi connectivity index (χ4v) is 7.16. The zero-order valence-electron chi connectivity index (χ0n) is 24.2. The number of amides is 1. The molecule has 1 saturated carbocycles. The first-order valence-electron chi connectivity index (χ1n) is 14.1. The number of rotatable bonds is 6. The number of carbonyl (C=O) groups excluding carboxylic acids is 3. The fourth-order valence-electron chi connectivity index (χ4n) is 7.16. The van der Waals surface area contributed by atoms with Crippen molar-refractivity contribution in [3.8, 4) is 5.75 Å². The van der Waals surface area contributed by atoms with Crippen LogP contribution in [0.2, 0.25) is 0 Å². The fraction of sp³-hybridized carbons (Fsp3) is 0.552. The van der Waals surface area contributed by atoms with Gasteiger partial charge in [-0.05, 0) is 32.6 Å². The van der Waals surface area contributed by atoms with Crippen molar-refractivity contribution in [2.24, 2.45) is 11.8 Å². The van der Waals surface area contributed by atoms with Gasteiger partial charge in [0, 0.05) is 32.7 Å². The lowest BCUT2D eigenvalue weighted by Crippen LogP contribution is -2.72. The van der Waals surface area contributed by atoms with Crippen LogP contribution in [0.4, 0.5) is 0 Å². The predicted molar refractivity (Wildman–Crippen MR) is 150 cm³/mol. The highest BCUT2D eigenvalue weighted by molar-refractivity contribution is 6.25. The second-order valence-corrected chi connectivity index (χ2v) is 12.0. The minimum absolute atomic E-state index is 0.00609. The van der Waals surface area contributed by atoms with Gasteiger partial charge in [-0.15, -0.1) is 0 Å². The molecule has 43 heavy (non-hydrogen) atoms. The highest BCUT2D eigenvalue weighted by atomic mass is 16.4. The zero-order valence-corrected chi connectivity index (χ0v) is 24.2. The summed E-state index contributed by atoms with van der Waals surface area (Å²) in [5.74, 6) is -9.16. The Kier molecular flexibility index (Phi) is 7.92. The minimum atomic E-state index is -3.04. The third-order valence-electron chi connectivity index (χ3n) is 9.36. The quantitative estimate of drug-likeness (QED) is 0.163. The van der Waals surface area contributed by atoms with E-state index in [2.05, 4.69) is 5.32 Å². The standard InChI is InChI=1S/C29H38N4O10/c1-28(42)14-5-4-6-15(35)16(14)22(36)17-19(28)24(38)20-21(31(2)3)23(37)18(26(40)29(20,43)25(17)39)27(41)30-13-33-9-7-32(8-10-33)11-12-34/h4-6,19-21,24,34-36,38,40,42-43H,7-13H2,1-3H3,(H,30,41)/t19-,20-,21+,24+,28-,29+/m1/s1. The molecule has 8 N–H and O–H groups in total. The Hall–Kier alpha value is -3.37. The number of nitrogens with one attached hydrogen (secondary N) is 1. The summed E-state index contributed by atoms with van der Waals surface area (Å²) in [6, 6.07) is 2.55. The van der Waals surface area contributed by atoms with E-state index in [1.165, 1.54) is 44.1 Å². The molecule has 0 bridgehead atoms. The molecule has 2 fully saturated rings. The average molecular weight is 603 g/mol. The number of β-amino-alcohol motifs (C(OH)–C–C–N with tert-alkyl or cyclic N) is 1. The third-order valence-corrected chi connectivity index (χ3v) is 9.36. The van der Waals surface area contributed by atoms with E-state index < -0.39 is 81.1 Å². The Balaban J connectivity index is 1.57. The molecule has 0 unspecified atom stereocenters. The molecule has 0 spiro atoms. The number of likely N-dealkylation sites (N-methyl/N-ethyl adjacent to an activating group) is 1. The van der Waals surface area contributed by atoms with Gasteiger partial charge in [-0.1, -0.05) is 12.1 Å². The molecular formula is C29H38N4O10. The number of benzene rings is 1. The van der Waals surface area contributed by atoms with E-state index in [4.69, 9.17) is 5.11 Å². The molecule has 14 heteroatoms. The second kappa shape index (κ2) is 11.0. The minimum Gasteiger partial charge on any atom is -0.508 e. The van der Waals surface area contributed by atoms with Crippen LogP contribution in [0, 0.1) is 11.8 Å². The van der Waals surface area contributed by atoms with E-state index in [0.717, 1.165) is 0 Å². The van der Waals surface area contributed by atoms with Crippen molar-refractivity contribution >= 4 is 23.2 Å². The second-order valence-electron chi connectivity index (χ2n) is 12.0. The van der Waals surface area contributed by atoms with Gasteiger partial charge in [0.05, 0.1) is 54.0 Å². The number of fused-ring (bicyclic) bond motifs is 3. The van der Waals surface area contributed by atoms with Gasteiger partial charge in [0.25, 0.3) is 5.91 Å². The first-order chi connectivity index (χ1) is 20.2. The number of phenols is 1. The number of aliphatic hydroxyl groups is 6. The number of aliphatic hydroxyl groups excluding tert-OH is 4. The highest BCUT2D eigenvalue weighted by Gasteiger charge is 2.70. The van der Waals surface area contributed by atoms with Crippen molar-refractivity contribution in [2.45, 2.75) is 30.3 Å². The van der Waals surface area contributed by atoms with Crippen molar-refractivity contribution < 1.29 is 50.1 Å². The van der Waals surface area contributed by atoms with E-state index in [1.807, 2.05) is 9.80 Å². The molecule has 5 rings (SSSR count). The number of carbonyl (C=O) groups is 3. The molecule has 1 heterocycles. The maximum Gasteiger partial charge on any atom is 0.259 e. The molecular weight excluding hydrogens is 564 g/mol. The van der Waals surface area contributed by atoms with Crippen LogP contribution in [-0.2, 0) is 20.0 Å². The predicted octanol–water partition coefficient (Wildman–Crippen LogP) is -2.20. The molecule has 1 aromatic rings. The number of Topliss-reactive ketones (excluding diaryl/α,β-unsaturated/α-hetero) is 2. The van der Waals surface area contributed by atoms with Crippen LogP contribution >= 0.6 is 0 Å². The summed E-state index contributed by atoms with van der Waals surface area (Å²) in [5.41, 5.74) is -6.88. The van der Waals surface area contributed by atoms with Crippen LogP contribution < -0.4 is 5.32 Å². The van der Waals surface area contributed by atoms with Gasteiger partial charge in [0.2, 0.25) is 5.78 Å². The first kappa shape index (κ1) is 31.1. The number of ketones is 2. The van der Waals surface area contributed by atoms with Crippen molar-refractivity contribution in [3.05, 3.63) is 46.2 Å². The first-order valence-corrected chi connectivity index (χ1v) is 14.1. The number of phenolic OH excluding ortho intramolecular Hbond substituents is 1. The normalized spacial score (nSPS) is 33.4. The molecule has 3 aliphatic carbocycles. The van der Waals surface area contributed by atoms with Crippen LogP contribution in [0.3, 0.4) is 0 Å². The lowest BCUT2D eigenvalue weighted by Gasteiger charge is -2.55. The Labute approximate surface area is 247 Å². The molecule has 1 aromatic carbocycles. The zero-order chi connectivity index (χ0) is 31.6. The largest absolute Gasteiger partial charge is 0.508 e. The summed E-state index contributed by atoms with van der Waals surface area (Å²) in [7, 11) is 2.89. The van der Waals surface area contributed by atoms with Crippen molar-refractivity contribution in [1.29, 1.82) is 0 Å². The van der Waals surface area contributed by atoms with E-state index in [-0.39, 0.29) is 24.4 Å². The smallest absolute Gasteiger partial charge is 0.259 e. The molecule has 234 valence electrons. The lowest BCUT2D eigenvalue weighted by molar-refractivity contribution is -0.181. The summed E-state index contributed by atoms with van der Waals surface area (Å²) in [6.07, 6.45) is -1.89. The van der Waals surface area contributed by atoms with Crippen LogP contribution in [0.1, 0.15) is 18.1 Å². The van der Waals surface area contributed by atoms with Gasteiger partial charge >= 0.3 is 0 Å². The summed E-state index contributed by atoms with van der Waals surface area (Å²) in [4.78, 5) is 46.6. The molecule has 1 aliphatic heterocycles. The van der Waals surface area contributed by atoms with Crippen LogP contribution in [0.25, 0.3) is 5.76 Å². The Morgan fingerprint density at radius 1 is 1.07 bits per heavy atom. The highest BCUT2D eigenvalue weighted by Crippen LogP contribution is 2.57. The summed E-state index contributed by atoms with van der Waals surface area (Å²) in [6.45, 7) is 4.21. The maximum absolute atomic E-state index is 14.2. The van der Waals surface area contributed by atoms with Gasteiger partial charge < -0.3 is 41.1 Å². The molecule has 0 aromatic heterocycles. The summed E-state index contributed by atoms with van der Waals surface area (Å²) >= 11 is 0. The average Bonchev–Trinajstić information content (AvgIpc) is 2.94. The summed E-state index contributed by atoms with van der Waals surface area (Å²) < 4.78 is 0. The molecule has 6 atom stereocenters. The van der Waals surface area contributed by atoms with E-state index >= 15 is 0 Å². The molecule has 1 amide bonds. The monoisotopic (exact) mass is 602 g/mol. The number of piperazine rings is 1.